The monoisotopic (exact) mass is 217 g/mol. The summed E-state index contributed by atoms with van der Waals surface area (Å²) in [5.41, 5.74) is 5.72. The van der Waals surface area contributed by atoms with Crippen molar-refractivity contribution in [2.75, 3.05) is 0 Å². The zero-order chi connectivity index (χ0) is 10.9. The zero-order valence-corrected chi connectivity index (χ0v) is 8.18. The van der Waals surface area contributed by atoms with Gasteiger partial charge in [0.05, 0.1) is 5.02 Å². The lowest BCUT2D eigenvalue weighted by atomic mass is 10.0. The van der Waals surface area contributed by atoms with Crippen LogP contribution in [0.25, 0.3) is 0 Å². The fourth-order valence-corrected chi connectivity index (χ4v) is 1.33. The lowest BCUT2D eigenvalue weighted by Crippen LogP contribution is -2.23. The van der Waals surface area contributed by atoms with Crippen LogP contribution >= 0.6 is 11.6 Å². The van der Waals surface area contributed by atoms with Crippen LogP contribution in [0.1, 0.15) is 17.2 Å². The molecule has 3 nitrogen and oxygen atoms in total. The molecule has 3 N–H and O–H groups in total. The number of carboxylic acid groups (broad SMARTS) is 1. The van der Waals surface area contributed by atoms with Crippen molar-refractivity contribution in [1.29, 1.82) is 0 Å². The van der Waals surface area contributed by atoms with Gasteiger partial charge in [-0.05, 0) is 18.6 Å². The number of aryl methyl sites for hydroxylation is 1. The highest BCUT2D eigenvalue weighted by Gasteiger charge is 2.22. The van der Waals surface area contributed by atoms with Crippen LogP contribution in [-0.4, -0.2) is 11.1 Å². The van der Waals surface area contributed by atoms with Crippen LogP contribution in [0.15, 0.2) is 12.1 Å². The standard InChI is InChI=1S/C9H9ClFNO2/c1-4-2-3-5(10)7(11)6(4)8(12)9(13)14/h2-3,8H,12H2,1H3,(H,13,14)/t8-/m1/s1. The smallest absolute Gasteiger partial charge is 0.325 e. The van der Waals surface area contributed by atoms with Gasteiger partial charge in [0, 0.05) is 5.56 Å². The average molecular weight is 218 g/mol. The van der Waals surface area contributed by atoms with Gasteiger partial charge < -0.3 is 10.8 Å². The number of carboxylic acids is 1. The quantitative estimate of drug-likeness (QED) is 0.795. The maximum absolute atomic E-state index is 13.4. The third-order valence-corrected chi connectivity index (χ3v) is 2.22. The molecular formula is C9H9ClFNO2. The van der Waals surface area contributed by atoms with Gasteiger partial charge >= 0.3 is 5.97 Å². The molecule has 76 valence electrons. The van der Waals surface area contributed by atoms with E-state index < -0.39 is 17.8 Å². The summed E-state index contributed by atoms with van der Waals surface area (Å²) >= 11 is 5.51. The minimum absolute atomic E-state index is 0.0648. The molecule has 0 saturated heterocycles. The molecule has 0 heterocycles. The molecule has 0 aliphatic carbocycles. The van der Waals surface area contributed by atoms with E-state index in [4.69, 9.17) is 22.4 Å². The van der Waals surface area contributed by atoms with Gasteiger partial charge in [-0.15, -0.1) is 0 Å². The van der Waals surface area contributed by atoms with Crippen molar-refractivity contribution in [1.82, 2.24) is 0 Å². The number of halogens is 2. The van der Waals surface area contributed by atoms with Gasteiger partial charge in [-0.25, -0.2) is 4.39 Å². The Kier molecular flexibility index (Phi) is 3.08. The Labute approximate surface area is 85.3 Å². The van der Waals surface area contributed by atoms with Gasteiger partial charge in [0.2, 0.25) is 0 Å². The minimum Gasteiger partial charge on any atom is -0.480 e. The maximum Gasteiger partial charge on any atom is 0.325 e. The Hall–Kier alpha value is -1.13. The highest BCUT2D eigenvalue weighted by Crippen LogP contribution is 2.25. The van der Waals surface area contributed by atoms with E-state index in [1.807, 2.05) is 0 Å². The van der Waals surface area contributed by atoms with Gasteiger partial charge in [0.15, 0.2) is 0 Å². The molecule has 1 atom stereocenters. The van der Waals surface area contributed by atoms with Crippen LogP contribution < -0.4 is 5.73 Å². The molecule has 0 saturated carbocycles. The summed E-state index contributed by atoms with van der Waals surface area (Å²) in [5.74, 6) is -2.05. The molecule has 0 aliphatic heterocycles. The van der Waals surface area contributed by atoms with E-state index in [1.165, 1.54) is 12.1 Å². The summed E-state index contributed by atoms with van der Waals surface area (Å²) in [7, 11) is 0. The molecule has 0 aromatic heterocycles. The normalized spacial score (nSPS) is 12.6. The molecule has 0 aliphatic rings. The van der Waals surface area contributed by atoms with Crippen molar-refractivity contribution in [2.45, 2.75) is 13.0 Å². The SMILES string of the molecule is Cc1ccc(Cl)c(F)c1[C@@H](N)C(=O)O. The van der Waals surface area contributed by atoms with Crippen molar-refractivity contribution >= 4 is 17.6 Å². The van der Waals surface area contributed by atoms with E-state index in [-0.39, 0.29) is 10.6 Å². The number of benzene rings is 1. The van der Waals surface area contributed by atoms with Crippen molar-refractivity contribution in [2.24, 2.45) is 5.73 Å². The summed E-state index contributed by atoms with van der Waals surface area (Å²) in [6.45, 7) is 1.58. The highest BCUT2D eigenvalue weighted by molar-refractivity contribution is 6.30. The average Bonchev–Trinajstić information content (AvgIpc) is 2.12. The first kappa shape index (κ1) is 10.9. The molecule has 0 radical (unpaired) electrons. The topological polar surface area (TPSA) is 63.3 Å². The van der Waals surface area contributed by atoms with Crippen LogP contribution in [-0.2, 0) is 4.79 Å². The number of nitrogens with two attached hydrogens (primary N) is 1. The second kappa shape index (κ2) is 3.94. The van der Waals surface area contributed by atoms with Crippen molar-refractivity contribution < 1.29 is 14.3 Å². The second-order valence-corrected chi connectivity index (χ2v) is 3.32. The zero-order valence-electron chi connectivity index (χ0n) is 7.42. The summed E-state index contributed by atoms with van der Waals surface area (Å²) in [5, 5.41) is 8.52. The predicted octanol–water partition coefficient (Wildman–Crippen LogP) is 1.87. The van der Waals surface area contributed by atoms with Crippen molar-refractivity contribution in [3.8, 4) is 0 Å². The van der Waals surface area contributed by atoms with Crippen LogP contribution in [0.4, 0.5) is 4.39 Å². The van der Waals surface area contributed by atoms with E-state index in [2.05, 4.69) is 0 Å². The molecule has 0 bridgehead atoms. The first-order valence-electron chi connectivity index (χ1n) is 3.88. The number of hydrogen-bond acceptors (Lipinski definition) is 2. The first-order chi connectivity index (χ1) is 6.45. The van der Waals surface area contributed by atoms with Gasteiger partial charge in [-0.3, -0.25) is 4.79 Å². The number of hydrogen-bond donors (Lipinski definition) is 2. The second-order valence-electron chi connectivity index (χ2n) is 2.91. The predicted molar refractivity (Wildman–Crippen MR) is 50.7 cm³/mol. The van der Waals surface area contributed by atoms with Crippen LogP contribution in [0.5, 0.6) is 0 Å². The van der Waals surface area contributed by atoms with Gasteiger partial charge in [0.1, 0.15) is 11.9 Å². The third kappa shape index (κ3) is 1.86. The fourth-order valence-electron chi connectivity index (χ4n) is 1.17. The maximum atomic E-state index is 13.4. The largest absolute Gasteiger partial charge is 0.480 e. The number of carbonyl (C=O) groups is 1. The number of rotatable bonds is 2. The molecule has 14 heavy (non-hydrogen) atoms. The summed E-state index contributed by atoms with van der Waals surface area (Å²) in [6, 6.07) is 1.52. The first-order valence-corrected chi connectivity index (χ1v) is 4.26. The van der Waals surface area contributed by atoms with Gasteiger partial charge in [0.25, 0.3) is 0 Å². The Morgan fingerprint density at radius 3 is 2.71 bits per heavy atom. The van der Waals surface area contributed by atoms with Crippen LogP contribution in [0.2, 0.25) is 5.02 Å². The molecule has 0 amide bonds. The molecule has 5 heteroatoms. The van der Waals surface area contributed by atoms with Crippen LogP contribution in [0, 0.1) is 12.7 Å². The Balaban J connectivity index is 3.32. The number of aliphatic carboxylic acids is 1. The lowest BCUT2D eigenvalue weighted by Gasteiger charge is -2.12. The molecule has 0 unspecified atom stereocenters. The lowest BCUT2D eigenvalue weighted by molar-refractivity contribution is -0.138. The Morgan fingerprint density at radius 1 is 1.64 bits per heavy atom. The van der Waals surface area contributed by atoms with Crippen molar-refractivity contribution in [3.63, 3.8) is 0 Å². The molecule has 0 spiro atoms. The third-order valence-electron chi connectivity index (χ3n) is 1.93. The molecular weight excluding hydrogens is 209 g/mol. The van der Waals surface area contributed by atoms with E-state index in [1.54, 1.807) is 6.92 Å². The highest BCUT2D eigenvalue weighted by atomic mass is 35.5. The fraction of sp³-hybridized carbons (Fsp3) is 0.222. The Bertz CT molecular complexity index is 381. The van der Waals surface area contributed by atoms with Gasteiger partial charge in [-0.2, -0.15) is 0 Å². The molecule has 1 rings (SSSR count). The van der Waals surface area contributed by atoms with E-state index in [0.717, 1.165) is 0 Å². The summed E-state index contributed by atoms with van der Waals surface area (Å²) < 4.78 is 13.4. The van der Waals surface area contributed by atoms with Gasteiger partial charge in [-0.1, -0.05) is 17.7 Å². The minimum atomic E-state index is -1.38. The summed E-state index contributed by atoms with van der Waals surface area (Å²) in [4.78, 5) is 10.6. The van der Waals surface area contributed by atoms with Crippen LogP contribution in [0.3, 0.4) is 0 Å². The molecule has 0 fully saturated rings. The summed E-state index contributed by atoms with van der Waals surface area (Å²) in [6.07, 6.45) is 0. The Morgan fingerprint density at radius 2 is 2.21 bits per heavy atom. The van der Waals surface area contributed by atoms with E-state index >= 15 is 0 Å². The molecule has 1 aromatic carbocycles. The van der Waals surface area contributed by atoms with Crippen molar-refractivity contribution in [3.05, 3.63) is 34.1 Å². The van der Waals surface area contributed by atoms with E-state index in [9.17, 15) is 9.18 Å². The molecule has 1 aromatic rings. The van der Waals surface area contributed by atoms with E-state index in [0.29, 0.717) is 5.56 Å².